The molecule has 6 nitrogen and oxygen atoms in total. The second-order valence-corrected chi connectivity index (χ2v) is 1.95. The molecular weight excluding hydrogens is 152 g/mol. The van der Waals surface area contributed by atoms with Crippen LogP contribution in [0.3, 0.4) is 0 Å². The van der Waals surface area contributed by atoms with Crippen molar-refractivity contribution in [1.29, 1.82) is 0 Å². The van der Waals surface area contributed by atoms with Crippen molar-refractivity contribution in [3.8, 4) is 0 Å². The largest absolute Gasteiger partial charge is 0.350 e. The Balaban J connectivity index is 3.45. The Morgan fingerprint density at radius 3 is 2.36 bits per heavy atom. The van der Waals surface area contributed by atoms with Gasteiger partial charge in [-0.25, -0.2) is 0 Å². The molecule has 0 aliphatic rings. The van der Waals surface area contributed by atoms with Crippen molar-refractivity contribution in [2.75, 3.05) is 13.1 Å². The van der Waals surface area contributed by atoms with Crippen molar-refractivity contribution < 1.29 is 20.6 Å². The molecule has 0 aliphatic carbocycles. The minimum atomic E-state index is -2.16. The van der Waals surface area contributed by atoms with Crippen molar-refractivity contribution in [2.45, 2.75) is 5.91 Å². The molecule has 0 saturated heterocycles. The van der Waals surface area contributed by atoms with Crippen LogP contribution in [0.1, 0.15) is 0 Å². The third-order valence-corrected chi connectivity index (χ3v) is 0.982. The topological polar surface area (TPSA) is 96.2 Å². The quantitative estimate of drug-likeness (QED) is 0.192. The van der Waals surface area contributed by atoms with Gasteiger partial charge in [-0.2, -0.15) is 0 Å². The lowest BCUT2D eigenvalue weighted by molar-refractivity contribution is -0.306. The molecule has 0 fully saturated rings. The predicted octanol–water partition coefficient (Wildman–Crippen LogP) is -1.52. The second kappa shape index (κ2) is 4.39. The smallest absolute Gasteiger partial charge is 0.243 e. The zero-order valence-corrected chi connectivity index (χ0v) is 5.93. The predicted molar refractivity (Wildman–Crippen MR) is 35.6 cm³/mol. The molecule has 0 aromatic heterocycles. The van der Waals surface area contributed by atoms with Gasteiger partial charge in [-0.15, -0.1) is 0 Å². The van der Waals surface area contributed by atoms with Crippen LogP contribution in [0.5, 0.6) is 0 Å². The third-order valence-electron chi connectivity index (χ3n) is 0.982. The second-order valence-electron chi connectivity index (χ2n) is 1.95. The lowest BCUT2D eigenvalue weighted by Crippen LogP contribution is -2.45. The molecule has 0 spiro atoms. The fourth-order valence-corrected chi connectivity index (χ4v) is 0.412. The van der Waals surface area contributed by atoms with Crippen molar-refractivity contribution in [3.63, 3.8) is 0 Å². The highest BCUT2D eigenvalue weighted by molar-refractivity contribution is 4.82. The van der Waals surface area contributed by atoms with Gasteiger partial charge in [-0.3, -0.25) is 15.7 Å². The van der Waals surface area contributed by atoms with Gasteiger partial charge in [-0.05, 0) is 6.08 Å². The van der Waals surface area contributed by atoms with E-state index in [4.69, 9.17) is 20.6 Å². The summed E-state index contributed by atoms with van der Waals surface area (Å²) in [4.78, 5) is 0. The number of hydrogen-bond donors (Lipinski definition) is 5. The van der Waals surface area contributed by atoms with E-state index in [0.29, 0.717) is 0 Å². The van der Waals surface area contributed by atoms with Crippen molar-refractivity contribution in [1.82, 2.24) is 10.5 Å². The van der Waals surface area contributed by atoms with Gasteiger partial charge in [0.1, 0.15) is 0 Å². The molecule has 0 aromatic carbocycles. The Hall–Kier alpha value is -0.500. The normalized spacial score (nSPS) is 12.1. The number of nitrogens with one attached hydrogen (secondary N) is 1. The first-order valence-corrected chi connectivity index (χ1v) is 2.96. The van der Waals surface area contributed by atoms with Crippen molar-refractivity contribution >= 4 is 0 Å². The number of nitrogens with zero attached hydrogens (tertiary/aromatic N) is 1. The zero-order valence-electron chi connectivity index (χ0n) is 5.93. The van der Waals surface area contributed by atoms with Gasteiger partial charge in [0.2, 0.25) is 5.91 Å². The van der Waals surface area contributed by atoms with Gasteiger partial charge in [0.25, 0.3) is 0 Å². The fraction of sp³-hybridized carbons (Fsp3) is 0.600. The SMILES string of the molecule is C=CC(O)(O)NCCN(O)O. The molecule has 0 radical (unpaired) electrons. The Morgan fingerprint density at radius 2 is 2.00 bits per heavy atom. The highest BCUT2D eigenvalue weighted by atomic mass is 16.8. The lowest BCUT2D eigenvalue weighted by Gasteiger charge is -2.18. The molecular formula is C5H12N2O4. The van der Waals surface area contributed by atoms with Gasteiger partial charge < -0.3 is 10.2 Å². The first kappa shape index (κ1) is 10.5. The first-order chi connectivity index (χ1) is 4.98. The van der Waals surface area contributed by atoms with Gasteiger partial charge in [0.15, 0.2) is 0 Å². The molecule has 5 N–H and O–H groups in total. The maximum Gasteiger partial charge on any atom is 0.243 e. The van der Waals surface area contributed by atoms with E-state index in [9.17, 15) is 0 Å². The number of rotatable bonds is 5. The van der Waals surface area contributed by atoms with E-state index >= 15 is 0 Å². The Morgan fingerprint density at radius 1 is 1.45 bits per heavy atom. The maximum absolute atomic E-state index is 8.78. The summed E-state index contributed by atoms with van der Waals surface area (Å²) in [6.45, 7) is 2.99. The highest BCUT2D eigenvalue weighted by Gasteiger charge is 2.15. The summed E-state index contributed by atoms with van der Waals surface area (Å²) in [7, 11) is 0. The van der Waals surface area contributed by atoms with Gasteiger partial charge in [0.05, 0.1) is 6.54 Å². The molecule has 0 unspecified atom stereocenters. The number of hydroxylamine groups is 2. The van der Waals surface area contributed by atoms with Crippen LogP contribution in [0.2, 0.25) is 0 Å². The van der Waals surface area contributed by atoms with Gasteiger partial charge in [0, 0.05) is 6.54 Å². The van der Waals surface area contributed by atoms with Crippen LogP contribution in [-0.4, -0.2) is 44.9 Å². The van der Waals surface area contributed by atoms with Gasteiger partial charge >= 0.3 is 0 Å². The van der Waals surface area contributed by atoms with E-state index in [1.807, 2.05) is 0 Å². The van der Waals surface area contributed by atoms with Crippen LogP contribution in [0.4, 0.5) is 0 Å². The first-order valence-electron chi connectivity index (χ1n) is 2.96. The fourth-order valence-electron chi connectivity index (χ4n) is 0.412. The number of hydrogen-bond acceptors (Lipinski definition) is 6. The molecule has 0 rings (SSSR count). The molecule has 11 heavy (non-hydrogen) atoms. The maximum atomic E-state index is 8.78. The van der Waals surface area contributed by atoms with Crippen LogP contribution in [0.25, 0.3) is 0 Å². The summed E-state index contributed by atoms with van der Waals surface area (Å²) in [5.41, 5.74) is 0. The molecule has 0 saturated carbocycles. The van der Waals surface area contributed by atoms with Gasteiger partial charge in [-0.1, -0.05) is 11.8 Å². The standard InChI is InChI=1S/C5H12N2O4/c1-2-5(8,9)6-3-4-7(10)11/h2,6,8-11H,1,3-4H2. The van der Waals surface area contributed by atoms with Crippen LogP contribution < -0.4 is 5.32 Å². The van der Waals surface area contributed by atoms with E-state index in [-0.39, 0.29) is 18.3 Å². The Labute approximate surface area is 63.9 Å². The molecule has 6 heteroatoms. The van der Waals surface area contributed by atoms with Crippen LogP contribution in [0, 0.1) is 0 Å². The molecule has 0 aliphatic heterocycles. The summed E-state index contributed by atoms with van der Waals surface area (Å²) in [6, 6.07) is 0. The van der Waals surface area contributed by atoms with E-state index in [1.54, 1.807) is 0 Å². The molecule has 0 aromatic rings. The molecule has 0 atom stereocenters. The average molecular weight is 164 g/mol. The third kappa shape index (κ3) is 5.92. The molecule has 0 amide bonds. The van der Waals surface area contributed by atoms with E-state index in [2.05, 4.69) is 11.9 Å². The molecule has 0 bridgehead atoms. The monoisotopic (exact) mass is 164 g/mol. The minimum absolute atomic E-state index is 0.00597. The van der Waals surface area contributed by atoms with Crippen molar-refractivity contribution in [2.24, 2.45) is 0 Å². The summed E-state index contributed by atoms with van der Waals surface area (Å²) in [5.74, 6) is -2.16. The zero-order chi connectivity index (χ0) is 8.91. The van der Waals surface area contributed by atoms with Crippen LogP contribution >= 0.6 is 0 Å². The number of aliphatic hydroxyl groups is 2. The lowest BCUT2D eigenvalue weighted by atomic mass is 10.4. The van der Waals surface area contributed by atoms with E-state index < -0.39 is 5.91 Å². The Kier molecular flexibility index (Phi) is 4.19. The van der Waals surface area contributed by atoms with Crippen LogP contribution in [-0.2, 0) is 0 Å². The highest BCUT2D eigenvalue weighted by Crippen LogP contribution is 1.92. The summed E-state index contributed by atoms with van der Waals surface area (Å²) >= 11 is 0. The molecule has 66 valence electrons. The minimum Gasteiger partial charge on any atom is -0.350 e. The van der Waals surface area contributed by atoms with E-state index in [0.717, 1.165) is 6.08 Å². The summed E-state index contributed by atoms with van der Waals surface area (Å²) in [5, 5.41) is 36.0. The Bertz CT molecular complexity index is 126. The summed E-state index contributed by atoms with van der Waals surface area (Å²) < 4.78 is 0. The average Bonchev–Trinajstić information content (AvgIpc) is 1.87. The molecule has 0 heterocycles. The van der Waals surface area contributed by atoms with E-state index in [1.165, 1.54) is 0 Å². The van der Waals surface area contributed by atoms with Crippen LogP contribution in [0.15, 0.2) is 12.7 Å². The summed E-state index contributed by atoms with van der Waals surface area (Å²) in [6.07, 6.45) is 0.881. The van der Waals surface area contributed by atoms with Crippen molar-refractivity contribution in [3.05, 3.63) is 12.7 Å².